The predicted octanol–water partition coefficient (Wildman–Crippen LogP) is 5.77. The molecule has 1 aromatic rings. The average Bonchev–Trinajstić information content (AvgIpc) is 2.72. The van der Waals surface area contributed by atoms with Crippen molar-refractivity contribution in [1.82, 2.24) is 9.88 Å². The van der Waals surface area contributed by atoms with Gasteiger partial charge in [-0.2, -0.15) is 0 Å². The van der Waals surface area contributed by atoms with Crippen molar-refractivity contribution >= 4 is 5.82 Å². The van der Waals surface area contributed by atoms with E-state index < -0.39 is 0 Å². The molecule has 3 aliphatic rings. The summed E-state index contributed by atoms with van der Waals surface area (Å²) in [4.78, 5) is 10.2. The lowest BCUT2D eigenvalue weighted by atomic mass is 9.49. The summed E-state index contributed by atoms with van der Waals surface area (Å²) in [5.74, 6) is 3.56. The molecule has 0 bridgehead atoms. The number of anilines is 1. The lowest BCUT2D eigenvalue weighted by Crippen LogP contribution is -2.47. The monoisotopic (exact) mass is 396 g/mol. The van der Waals surface area contributed by atoms with Crippen LogP contribution in [-0.4, -0.2) is 42.6 Å². The van der Waals surface area contributed by atoms with Crippen LogP contribution in [0.5, 0.6) is 0 Å². The molecule has 4 rings (SSSR count). The summed E-state index contributed by atoms with van der Waals surface area (Å²) < 4.78 is 0. The summed E-state index contributed by atoms with van der Waals surface area (Å²) >= 11 is 0. The van der Waals surface area contributed by atoms with Crippen LogP contribution >= 0.6 is 0 Å². The van der Waals surface area contributed by atoms with Crippen molar-refractivity contribution < 1.29 is 0 Å². The molecule has 3 unspecified atom stereocenters. The van der Waals surface area contributed by atoms with Crippen LogP contribution in [0.3, 0.4) is 0 Å². The highest BCUT2D eigenvalue weighted by Crippen LogP contribution is 2.59. The van der Waals surface area contributed by atoms with Gasteiger partial charge >= 0.3 is 0 Å². The van der Waals surface area contributed by atoms with Gasteiger partial charge in [-0.1, -0.05) is 40.7 Å². The number of hydrogen-bond acceptors (Lipinski definition) is 3. The van der Waals surface area contributed by atoms with Crippen molar-refractivity contribution in [2.75, 3.05) is 37.6 Å². The lowest BCUT2D eigenvalue weighted by molar-refractivity contribution is -0.0501. The van der Waals surface area contributed by atoms with Crippen LogP contribution in [0.15, 0.2) is 18.2 Å². The highest BCUT2D eigenvalue weighted by Gasteiger charge is 2.50. The minimum Gasteiger partial charge on any atom is -0.354 e. The van der Waals surface area contributed by atoms with E-state index in [0.717, 1.165) is 44.6 Å². The van der Waals surface area contributed by atoms with E-state index in [2.05, 4.69) is 69.0 Å². The van der Waals surface area contributed by atoms with Crippen LogP contribution in [0.25, 0.3) is 0 Å². The van der Waals surface area contributed by atoms with E-state index in [4.69, 9.17) is 4.98 Å². The number of hydrogen-bond donors (Lipinski definition) is 0. The standard InChI is InChI=1S/C26H42N3/c1-6-14-28-15-17-29(18-16-28)24-9-7-8-23(27-24)20-10-11-21-22(19-20)26(4,5)13-12-25(21,2)3/h6-9,20-22H,10-19H2,1-5H3. The molecule has 0 amide bonds. The normalized spacial score (nSPS) is 32.0. The van der Waals surface area contributed by atoms with E-state index in [1.807, 2.05) is 0 Å². The Balaban J connectivity index is 1.47. The molecule has 1 aromatic heterocycles. The Morgan fingerprint density at radius 1 is 0.966 bits per heavy atom. The van der Waals surface area contributed by atoms with Gasteiger partial charge in [-0.05, 0) is 73.3 Å². The molecule has 3 heteroatoms. The topological polar surface area (TPSA) is 19.4 Å². The maximum atomic E-state index is 5.21. The SMILES string of the molecule is C[CH]CN1CCN(c2cccc(C3CCC4C(C3)C(C)(C)CCC4(C)C)n2)CC1. The maximum absolute atomic E-state index is 5.21. The fourth-order valence-electron chi connectivity index (χ4n) is 6.51. The van der Waals surface area contributed by atoms with Gasteiger partial charge in [0.1, 0.15) is 5.82 Å². The smallest absolute Gasteiger partial charge is 0.128 e. The summed E-state index contributed by atoms with van der Waals surface area (Å²) in [5.41, 5.74) is 2.34. The van der Waals surface area contributed by atoms with E-state index >= 15 is 0 Å². The molecular formula is C26H42N3. The molecule has 3 nitrogen and oxygen atoms in total. The molecule has 29 heavy (non-hydrogen) atoms. The highest BCUT2D eigenvalue weighted by atomic mass is 15.3. The molecule has 1 radical (unpaired) electrons. The molecule has 0 aromatic carbocycles. The summed E-state index contributed by atoms with van der Waals surface area (Å²) in [6.45, 7) is 17.9. The van der Waals surface area contributed by atoms with Gasteiger partial charge in [-0.15, -0.1) is 0 Å². The predicted molar refractivity (Wildman–Crippen MR) is 123 cm³/mol. The van der Waals surface area contributed by atoms with E-state index in [1.54, 1.807) is 0 Å². The average molecular weight is 397 g/mol. The Labute approximate surface area is 179 Å². The van der Waals surface area contributed by atoms with Gasteiger partial charge in [0.25, 0.3) is 0 Å². The molecule has 2 aliphatic carbocycles. The van der Waals surface area contributed by atoms with Crippen LogP contribution < -0.4 is 4.90 Å². The molecule has 1 aliphatic heterocycles. The second kappa shape index (κ2) is 8.21. The van der Waals surface area contributed by atoms with Gasteiger partial charge in [-0.25, -0.2) is 4.98 Å². The Morgan fingerprint density at radius 2 is 1.66 bits per heavy atom. The second-order valence-corrected chi connectivity index (χ2v) is 11.3. The van der Waals surface area contributed by atoms with Crippen LogP contribution in [0.4, 0.5) is 5.82 Å². The van der Waals surface area contributed by atoms with Gasteiger partial charge in [0.2, 0.25) is 0 Å². The minimum absolute atomic E-state index is 0.475. The highest BCUT2D eigenvalue weighted by molar-refractivity contribution is 5.40. The van der Waals surface area contributed by atoms with Gasteiger partial charge in [0.15, 0.2) is 0 Å². The molecule has 2 saturated carbocycles. The molecule has 0 spiro atoms. The summed E-state index contributed by atoms with van der Waals surface area (Å²) in [5, 5.41) is 0. The maximum Gasteiger partial charge on any atom is 0.128 e. The zero-order chi connectivity index (χ0) is 20.6. The lowest BCUT2D eigenvalue weighted by Gasteiger charge is -2.56. The van der Waals surface area contributed by atoms with Crippen molar-refractivity contribution in [1.29, 1.82) is 0 Å². The number of fused-ring (bicyclic) bond motifs is 1. The van der Waals surface area contributed by atoms with Gasteiger partial charge in [-0.3, -0.25) is 4.90 Å². The quantitative estimate of drug-likeness (QED) is 0.643. The summed E-state index contributed by atoms with van der Waals surface area (Å²) in [6, 6.07) is 6.79. The Kier molecular flexibility index (Phi) is 5.99. The summed E-state index contributed by atoms with van der Waals surface area (Å²) in [7, 11) is 0. The second-order valence-electron chi connectivity index (χ2n) is 11.3. The Hall–Kier alpha value is -1.09. The molecule has 0 N–H and O–H groups in total. The first-order valence-corrected chi connectivity index (χ1v) is 12.0. The zero-order valence-electron chi connectivity index (χ0n) is 19.5. The summed E-state index contributed by atoms with van der Waals surface area (Å²) in [6.07, 6.45) is 9.06. The van der Waals surface area contributed by atoms with E-state index in [9.17, 15) is 0 Å². The third kappa shape index (κ3) is 4.36. The van der Waals surface area contributed by atoms with Crippen molar-refractivity contribution in [3.05, 3.63) is 30.3 Å². The van der Waals surface area contributed by atoms with Gasteiger partial charge in [0.05, 0.1) is 0 Å². The first-order valence-electron chi connectivity index (χ1n) is 12.0. The number of aromatic nitrogens is 1. The number of pyridine rings is 1. The van der Waals surface area contributed by atoms with Crippen molar-refractivity contribution in [2.45, 2.75) is 72.6 Å². The molecule has 1 saturated heterocycles. The van der Waals surface area contributed by atoms with Gasteiger partial charge in [0, 0.05) is 44.3 Å². The van der Waals surface area contributed by atoms with E-state index in [-0.39, 0.29) is 0 Å². The van der Waals surface area contributed by atoms with Crippen LogP contribution in [-0.2, 0) is 0 Å². The third-order valence-corrected chi connectivity index (χ3v) is 8.58. The zero-order valence-corrected chi connectivity index (χ0v) is 19.5. The molecule has 2 heterocycles. The first kappa shape index (κ1) is 21.2. The molecule has 3 atom stereocenters. The van der Waals surface area contributed by atoms with Crippen LogP contribution in [0.1, 0.15) is 78.3 Å². The van der Waals surface area contributed by atoms with Gasteiger partial charge < -0.3 is 4.90 Å². The van der Waals surface area contributed by atoms with Crippen LogP contribution in [0, 0.1) is 29.1 Å². The molecule has 3 fully saturated rings. The largest absolute Gasteiger partial charge is 0.354 e. The molecule has 161 valence electrons. The van der Waals surface area contributed by atoms with Crippen molar-refractivity contribution in [2.24, 2.45) is 22.7 Å². The Morgan fingerprint density at radius 3 is 2.34 bits per heavy atom. The van der Waals surface area contributed by atoms with Crippen molar-refractivity contribution in [3.8, 4) is 0 Å². The van der Waals surface area contributed by atoms with E-state index in [1.165, 1.54) is 43.6 Å². The Bertz CT molecular complexity index is 687. The van der Waals surface area contributed by atoms with Crippen LogP contribution in [0.2, 0.25) is 0 Å². The minimum atomic E-state index is 0.475. The fourth-order valence-corrected chi connectivity index (χ4v) is 6.51. The third-order valence-electron chi connectivity index (χ3n) is 8.58. The van der Waals surface area contributed by atoms with E-state index in [0.29, 0.717) is 16.7 Å². The fraction of sp³-hybridized carbons (Fsp3) is 0.769. The first-order chi connectivity index (χ1) is 13.8. The number of nitrogens with zero attached hydrogens (tertiary/aromatic N) is 3. The number of piperazine rings is 1. The van der Waals surface area contributed by atoms with Crippen molar-refractivity contribution in [3.63, 3.8) is 0 Å². The molecular weight excluding hydrogens is 354 g/mol. The number of rotatable bonds is 4.